The minimum Gasteiger partial charge on any atom is -0.288 e. The van der Waals surface area contributed by atoms with Crippen molar-refractivity contribution in [1.29, 1.82) is 0 Å². The van der Waals surface area contributed by atoms with Crippen LogP contribution in [-0.4, -0.2) is 5.12 Å². The normalized spacial score (nSPS) is 5.20. The summed E-state index contributed by atoms with van der Waals surface area (Å²) in [5, 5.41) is -0.139. The Kier molecular flexibility index (Phi) is 10.4. The average Bonchev–Trinajstić information content (AvgIpc) is 0.811. The van der Waals surface area contributed by atoms with E-state index in [0.29, 0.717) is 0 Å². The number of carbonyl (C=O) groups is 1. The van der Waals surface area contributed by atoms with Crippen LogP contribution < -0.4 is 0 Å². The van der Waals surface area contributed by atoms with Crippen LogP contribution in [0, 0.1) is 41.7 Å². The monoisotopic (exact) mass is 216 g/mol. The fourth-order valence-corrected chi connectivity index (χ4v) is 0. The average molecular weight is 216 g/mol. The van der Waals surface area contributed by atoms with Gasteiger partial charge < -0.3 is 0 Å². The van der Waals surface area contributed by atoms with Gasteiger partial charge in [0.05, 0.1) is 0 Å². The van der Waals surface area contributed by atoms with Gasteiger partial charge in [-0.15, -0.1) is 12.6 Å². The molecular formula is C2H4CeOS. The summed E-state index contributed by atoms with van der Waals surface area (Å²) < 4.78 is 0. The van der Waals surface area contributed by atoms with Crippen LogP contribution in [0.2, 0.25) is 0 Å². The van der Waals surface area contributed by atoms with E-state index in [2.05, 4.69) is 12.6 Å². The van der Waals surface area contributed by atoms with Gasteiger partial charge in [0.1, 0.15) is 0 Å². The van der Waals surface area contributed by atoms with E-state index in [1.54, 1.807) is 0 Å². The van der Waals surface area contributed by atoms with E-state index >= 15 is 0 Å². The Morgan fingerprint density at radius 3 is 1.80 bits per heavy atom. The van der Waals surface area contributed by atoms with Crippen LogP contribution >= 0.6 is 12.6 Å². The fraction of sp³-hybridized carbons (Fsp3) is 0.500. The van der Waals surface area contributed by atoms with Gasteiger partial charge in [0, 0.05) is 48.7 Å². The Balaban J connectivity index is 0. The number of rotatable bonds is 0. The molecule has 0 spiro atoms. The molecule has 1 nitrogen and oxygen atoms in total. The molecule has 3 heteroatoms. The van der Waals surface area contributed by atoms with E-state index in [1.807, 2.05) is 0 Å². The van der Waals surface area contributed by atoms with Crippen molar-refractivity contribution >= 4 is 17.7 Å². The zero-order valence-corrected chi connectivity index (χ0v) is 6.89. The molecule has 28 valence electrons. The summed E-state index contributed by atoms with van der Waals surface area (Å²) in [6, 6.07) is 0. The van der Waals surface area contributed by atoms with E-state index < -0.39 is 0 Å². The van der Waals surface area contributed by atoms with Crippen LogP contribution in [0.25, 0.3) is 0 Å². The molecule has 0 aliphatic heterocycles. The third-order valence-corrected chi connectivity index (χ3v) is 0. The Morgan fingerprint density at radius 2 is 1.80 bits per heavy atom. The molecule has 0 saturated heterocycles. The Morgan fingerprint density at radius 1 is 1.80 bits per heavy atom. The van der Waals surface area contributed by atoms with E-state index in [4.69, 9.17) is 0 Å². The molecule has 0 aromatic carbocycles. The topological polar surface area (TPSA) is 17.1 Å². The summed E-state index contributed by atoms with van der Waals surface area (Å²) in [6.45, 7) is 1.39. The van der Waals surface area contributed by atoms with Crippen molar-refractivity contribution in [3.63, 3.8) is 0 Å². The number of hydrogen-bond donors (Lipinski definition) is 1. The molecule has 0 unspecified atom stereocenters. The van der Waals surface area contributed by atoms with Crippen molar-refractivity contribution < 1.29 is 46.5 Å². The van der Waals surface area contributed by atoms with Crippen molar-refractivity contribution in [1.82, 2.24) is 0 Å². The summed E-state index contributed by atoms with van der Waals surface area (Å²) in [6.07, 6.45) is 0. The summed E-state index contributed by atoms with van der Waals surface area (Å²) in [5.74, 6) is 0. The first-order valence-electron chi connectivity index (χ1n) is 0.928. The van der Waals surface area contributed by atoms with Crippen molar-refractivity contribution in [2.24, 2.45) is 0 Å². The first-order chi connectivity index (χ1) is 1.73. The van der Waals surface area contributed by atoms with Crippen molar-refractivity contribution in [2.75, 3.05) is 0 Å². The summed E-state index contributed by atoms with van der Waals surface area (Å²) in [7, 11) is 0. The van der Waals surface area contributed by atoms with Crippen molar-refractivity contribution in [2.45, 2.75) is 6.92 Å². The van der Waals surface area contributed by atoms with Crippen molar-refractivity contribution in [3.05, 3.63) is 0 Å². The Hall–Kier alpha value is 1.40. The first kappa shape index (κ1) is 9.64. The van der Waals surface area contributed by atoms with Crippen LogP contribution in [0.1, 0.15) is 6.92 Å². The van der Waals surface area contributed by atoms with Crippen LogP contribution in [0.5, 0.6) is 0 Å². The molecule has 0 aliphatic carbocycles. The van der Waals surface area contributed by atoms with Crippen molar-refractivity contribution in [3.8, 4) is 0 Å². The molecule has 0 heterocycles. The minimum atomic E-state index is -0.139. The molecular weight excluding hydrogens is 212 g/mol. The molecule has 5 heavy (non-hydrogen) atoms. The molecule has 0 aromatic heterocycles. The number of carbonyl (C=O) groups excluding carboxylic acids is 1. The van der Waals surface area contributed by atoms with E-state index in [9.17, 15) is 4.79 Å². The largest absolute Gasteiger partial charge is 0.288 e. The molecule has 0 atom stereocenters. The maximum atomic E-state index is 9.31. The van der Waals surface area contributed by atoms with Gasteiger partial charge in [0.2, 0.25) is 0 Å². The van der Waals surface area contributed by atoms with Gasteiger partial charge in [-0.05, 0) is 0 Å². The number of thiol groups is 1. The molecule has 0 aromatic rings. The van der Waals surface area contributed by atoms with Gasteiger partial charge >= 0.3 is 0 Å². The summed E-state index contributed by atoms with van der Waals surface area (Å²) >= 11 is 3.33. The van der Waals surface area contributed by atoms with Gasteiger partial charge in [-0.3, -0.25) is 4.79 Å². The van der Waals surface area contributed by atoms with Gasteiger partial charge in [-0.2, -0.15) is 0 Å². The summed E-state index contributed by atoms with van der Waals surface area (Å²) in [4.78, 5) is 9.31. The zero-order chi connectivity index (χ0) is 3.58. The second kappa shape index (κ2) is 5.40. The van der Waals surface area contributed by atoms with Gasteiger partial charge in [-0.1, -0.05) is 0 Å². The van der Waals surface area contributed by atoms with E-state index in [0.717, 1.165) is 0 Å². The minimum absolute atomic E-state index is 0. The quantitative estimate of drug-likeness (QED) is 0.582. The third kappa shape index (κ3) is 31.9. The molecule has 0 saturated carbocycles. The SMILES string of the molecule is CC(=O)S.[Ce]. The molecule has 0 radical (unpaired) electrons. The maximum Gasteiger partial charge on any atom is 0.182 e. The van der Waals surface area contributed by atoms with Gasteiger partial charge in [-0.25, -0.2) is 0 Å². The smallest absolute Gasteiger partial charge is 0.182 e. The molecule has 0 aliphatic rings. The molecule has 0 amide bonds. The predicted molar refractivity (Wildman–Crippen MR) is 19.7 cm³/mol. The molecule has 0 rings (SSSR count). The molecule has 0 N–H and O–H groups in total. The summed E-state index contributed by atoms with van der Waals surface area (Å²) in [5.41, 5.74) is 0. The fourth-order valence-electron chi connectivity index (χ4n) is 0. The van der Waals surface area contributed by atoms with E-state index in [-0.39, 0.29) is 46.9 Å². The van der Waals surface area contributed by atoms with Crippen LogP contribution in [0.15, 0.2) is 0 Å². The van der Waals surface area contributed by atoms with Crippen LogP contribution in [0.3, 0.4) is 0 Å². The maximum absolute atomic E-state index is 9.31. The van der Waals surface area contributed by atoms with Crippen LogP contribution in [0.4, 0.5) is 0 Å². The Labute approximate surface area is 70.3 Å². The van der Waals surface area contributed by atoms with E-state index in [1.165, 1.54) is 6.92 Å². The second-order valence-electron chi connectivity index (χ2n) is 0.519. The second-order valence-corrected chi connectivity index (χ2v) is 1.15. The molecule has 0 fully saturated rings. The van der Waals surface area contributed by atoms with Gasteiger partial charge in [0.15, 0.2) is 5.12 Å². The molecule has 0 bridgehead atoms. The first-order valence-corrected chi connectivity index (χ1v) is 1.37. The Bertz CT molecular complexity index is 32.6. The number of hydrogen-bond acceptors (Lipinski definition) is 1. The zero-order valence-electron chi connectivity index (χ0n) is 2.86. The van der Waals surface area contributed by atoms with Gasteiger partial charge in [0.25, 0.3) is 0 Å². The standard InChI is InChI=1S/C2H4OS.Ce/c1-2(3)4;/h1H3,(H,3,4);. The third-order valence-electron chi connectivity index (χ3n) is 0. The predicted octanol–water partition coefficient (Wildman–Crippen LogP) is 0.463. The van der Waals surface area contributed by atoms with Crippen LogP contribution in [-0.2, 0) is 4.79 Å².